The lowest BCUT2D eigenvalue weighted by Crippen LogP contribution is -2.63. The van der Waals surface area contributed by atoms with Crippen molar-refractivity contribution < 1.29 is 28.9 Å². The molecule has 4 bridgehead atoms. The Balaban J connectivity index is 1.37. The van der Waals surface area contributed by atoms with E-state index in [1.165, 1.54) is 0 Å². The van der Waals surface area contributed by atoms with Gasteiger partial charge in [0.05, 0.1) is 30.8 Å². The Morgan fingerprint density at radius 2 is 2.03 bits per heavy atom. The molecule has 3 saturated carbocycles. The number of aliphatic carboxylic acids is 1. The van der Waals surface area contributed by atoms with Crippen LogP contribution in [0.1, 0.15) is 73.1 Å². The minimum atomic E-state index is -1.18. The summed E-state index contributed by atoms with van der Waals surface area (Å²) in [6, 6.07) is 0. The molecule has 0 amide bonds. The monoisotopic (exact) mass is 500 g/mol. The molecule has 2 saturated heterocycles. The Kier molecular flexibility index (Phi) is 5.83. The van der Waals surface area contributed by atoms with E-state index in [2.05, 4.69) is 40.7 Å². The van der Waals surface area contributed by atoms with Gasteiger partial charge in [0.2, 0.25) is 0 Å². The molecular formula is C30H44O6. The molecule has 0 aromatic carbocycles. The molecule has 6 aliphatic rings. The molecule has 0 aromatic rings. The Hall–Kier alpha value is -1.24. The van der Waals surface area contributed by atoms with E-state index < -0.39 is 22.2 Å². The van der Waals surface area contributed by atoms with E-state index in [0.29, 0.717) is 36.7 Å². The van der Waals surface area contributed by atoms with Crippen molar-refractivity contribution in [2.75, 3.05) is 13.2 Å². The minimum Gasteiger partial charge on any atom is -0.481 e. The first-order valence-electron chi connectivity index (χ1n) is 14.5. The molecule has 2 heterocycles. The van der Waals surface area contributed by atoms with E-state index in [1.54, 1.807) is 0 Å². The lowest BCUT2D eigenvalue weighted by molar-refractivity contribution is -0.251. The number of allylic oxidation sites excluding steroid dienone is 1. The first-order chi connectivity index (χ1) is 17.2. The predicted octanol–water partition coefficient (Wildman–Crippen LogP) is 5.10. The minimum absolute atomic E-state index is 0.0412. The predicted molar refractivity (Wildman–Crippen MR) is 134 cm³/mol. The van der Waals surface area contributed by atoms with Gasteiger partial charge < -0.3 is 24.1 Å². The Morgan fingerprint density at radius 3 is 2.69 bits per heavy atom. The Labute approximate surface area is 215 Å². The summed E-state index contributed by atoms with van der Waals surface area (Å²) >= 11 is 0. The van der Waals surface area contributed by atoms with Gasteiger partial charge in [0.1, 0.15) is 11.7 Å². The largest absolute Gasteiger partial charge is 0.481 e. The van der Waals surface area contributed by atoms with Crippen LogP contribution in [0.5, 0.6) is 0 Å². The fourth-order valence-corrected chi connectivity index (χ4v) is 10.6. The van der Waals surface area contributed by atoms with Crippen LogP contribution in [-0.2, 0) is 23.8 Å². The topological polar surface area (TPSA) is 82.1 Å². The second-order valence-electron chi connectivity index (χ2n) is 13.4. The van der Waals surface area contributed by atoms with Crippen molar-refractivity contribution in [3.8, 4) is 0 Å². The SMILES string of the molecule is CC[C@@H]1CO[C@H]2[C@@H]1C[C@H](OCC13C[C@@H]4[C@H](C)CC[C@H]4C4(C=O)CC1C=C(C(C)C)C34C(=O)O)O[C@@H]2C. The van der Waals surface area contributed by atoms with E-state index in [1.807, 2.05) is 0 Å². The van der Waals surface area contributed by atoms with Crippen LogP contribution in [0.15, 0.2) is 11.6 Å². The summed E-state index contributed by atoms with van der Waals surface area (Å²) in [5.41, 5.74) is -1.66. The van der Waals surface area contributed by atoms with Gasteiger partial charge in [0.15, 0.2) is 6.29 Å². The second kappa shape index (κ2) is 8.38. The van der Waals surface area contributed by atoms with Crippen molar-refractivity contribution in [3.63, 3.8) is 0 Å². The van der Waals surface area contributed by atoms with Gasteiger partial charge in [-0.3, -0.25) is 4.79 Å². The van der Waals surface area contributed by atoms with Gasteiger partial charge in [-0.2, -0.15) is 0 Å². The van der Waals surface area contributed by atoms with Crippen LogP contribution in [-0.4, -0.2) is 49.1 Å². The normalized spacial score (nSPS) is 52.8. The molecule has 12 atom stereocenters. The first kappa shape index (κ1) is 25.1. The smallest absolute Gasteiger partial charge is 0.315 e. The molecule has 0 spiro atoms. The number of hydrogen-bond donors (Lipinski definition) is 1. The number of aldehydes is 1. The van der Waals surface area contributed by atoms with Crippen molar-refractivity contribution in [1.29, 1.82) is 0 Å². The number of hydrogen-bond acceptors (Lipinski definition) is 5. The quantitative estimate of drug-likeness (QED) is 0.387. The van der Waals surface area contributed by atoms with Gasteiger partial charge >= 0.3 is 5.97 Å². The summed E-state index contributed by atoms with van der Waals surface area (Å²) in [5, 5.41) is 11.1. The van der Waals surface area contributed by atoms with Gasteiger partial charge in [0.25, 0.3) is 0 Å². The molecule has 0 aromatic heterocycles. The average Bonchev–Trinajstić information content (AvgIpc) is 3.55. The van der Waals surface area contributed by atoms with E-state index in [-0.39, 0.29) is 36.3 Å². The van der Waals surface area contributed by atoms with Crippen LogP contribution in [0.3, 0.4) is 0 Å². The number of carboxylic acids is 1. The molecule has 6 rings (SSSR count). The number of carboxylic acid groups (broad SMARTS) is 1. The molecule has 6 nitrogen and oxygen atoms in total. The fourth-order valence-electron chi connectivity index (χ4n) is 10.6. The van der Waals surface area contributed by atoms with E-state index in [9.17, 15) is 14.7 Å². The third kappa shape index (κ3) is 2.85. The number of fused-ring (bicyclic) bond motifs is 3. The molecule has 6 heteroatoms. The van der Waals surface area contributed by atoms with Crippen molar-refractivity contribution in [1.82, 2.24) is 0 Å². The van der Waals surface area contributed by atoms with Crippen LogP contribution >= 0.6 is 0 Å². The molecule has 5 fully saturated rings. The van der Waals surface area contributed by atoms with E-state index in [0.717, 1.165) is 50.6 Å². The van der Waals surface area contributed by atoms with Gasteiger partial charge in [-0.25, -0.2) is 0 Å². The number of ether oxygens (including phenoxy) is 3. The third-order valence-electron chi connectivity index (χ3n) is 12.0. The maximum Gasteiger partial charge on any atom is 0.315 e. The Bertz CT molecular complexity index is 959. The summed E-state index contributed by atoms with van der Waals surface area (Å²) in [6.45, 7) is 11.9. The highest BCUT2D eigenvalue weighted by molar-refractivity contribution is 5.90. The zero-order chi connectivity index (χ0) is 25.6. The summed E-state index contributed by atoms with van der Waals surface area (Å²) in [7, 11) is 0. The van der Waals surface area contributed by atoms with Crippen molar-refractivity contribution in [2.45, 2.75) is 91.6 Å². The average molecular weight is 501 g/mol. The van der Waals surface area contributed by atoms with E-state index >= 15 is 0 Å². The molecular weight excluding hydrogens is 456 g/mol. The van der Waals surface area contributed by atoms with Crippen LogP contribution in [0.4, 0.5) is 0 Å². The molecule has 1 N–H and O–H groups in total. The summed E-state index contributed by atoms with van der Waals surface area (Å²) in [6.07, 6.45) is 8.44. The van der Waals surface area contributed by atoms with Gasteiger partial charge in [-0.1, -0.05) is 52.2 Å². The van der Waals surface area contributed by atoms with Gasteiger partial charge in [-0.05, 0) is 67.6 Å². The summed E-state index contributed by atoms with van der Waals surface area (Å²) in [4.78, 5) is 26.8. The summed E-state index contributed by atoms with van der Waals surface area (Å²) < 4.78 is 19.1. The zero-order valence-electron chi connectivity index (χ0n) is 22.6. The van der Waals surface area contributed by atoms with Gasteiger partial charge in [0, 0.05) is 11.8 Å². The van der Waals surface area contributed by atoms with Crippen LogP contribution < -0.4 is 0 Å². The highest BCUT2D eigenvalue weighted by Crippen LogP contribution is 2.82. The molecule has 200 valence electrons. The number of rotatable bonds is 7. The van der Waals surface area contributed by atoms with Crippen LogP contribution in [0, 0.1) is 57.7 Å². The molecule has 4 unspecified atom stereocenters. The van der Waals surface area contributed by atoms with Crippen molar-refractivity contribution in [2.24, 2.45) is 57.7 Å². The molecule has 36 heavy (non-hydrogen) atoms. The van der Waals surface area contributed by atoms with Crippen molar-refractivity contribution >= 4 is 12.3 Å². The third-order valence-corrected chi connectivity index (χ3v) is 12.0. The maximum atomic E-state index is 13.6. The molecule has 2 aliphatic heterocycles. The fraction of sp³-hybridized carbons (Fsp3) is 0.867. The van der Waals surface area contributed by atoms with Crippen molar-refractivity contribution in [3.05, 3.63) is 11.6 Å². The maximum absolute atomic E-state index is 13.6. The lowest BCUT2D eigenvalue weighted by Gasteiger charge is -2.58. The summed E-state index contributed by atoms with van der Waals surface area (Å²) in [5.74, 6) is 1.28. The van der Waals surface area contributed by atoms with Crippen LogP contribution in [0.25, 0.3) is 0 Å². The highest BCUT2D eigenvalue weighted by Gasteiger charge is 2.84. The molecule has 0 radical (unpaired) electrons. The second-order valence-corrected chi connectivity index (χ2v) is 13.4. The lowest BCUT2D eigenvalue weighted by atomic mass is 9.43. The number of carbonyl (C=O) groups excluding carboxylic acids is 1. The zero-order valence-corrected chi connectivity index (χ0v) is 22.6. The number of carbonyl (C=O) groups is 2. The molecule has 4 aliphatic carbocycles. The highest BCUT2D eigenvalue weighted by atomic mass is 16.7. The van der Waals surface area contributed by atoms with Crippen LogP contribution in [0.2, 0.25) is 0 Å². The van der Waals surface area contributed by atoms with Gasteiger partial charge in [-0.15, -0.1) is 0 Å². The Morgan fingerprint density at radius 1 is 1.25 bits per heavy atom. The first-order valence-corrected chi connectivity index (χ1v) is 14.5. The standard InChI is InChI=1S/C30H44O6/c1-6-19-13-34-26-18(5)36-25(10-21(19)26)35-15-29-12-22-17(4)7-8-23(22)28(14-31)11-20(29)9-24(16(2)3)30(28,29)27(32)33/h9,14,16-23,25-26H,6-8,10-13,15H2,1-5H3,(H,32,33)/t17-,18-,19-,20?,21-,22-,23-,25-,26-,28?,29?,30?/m1/s1. The van der Waals surface area contributed by atoms with E-state index in [4.69, 9.17) is 14.2 Å².